The molecule has 0 bridgehead atoms. The molecule has 0 aliphatic rings. The summed E-state index contributed by atoms with van der Waals surface area (Å²) in [6, 6.07) is 15.9. The van der Waals surface area contributed by atoms with E-state index in [-0.39, 0.29) is 0 Å². The predicted octanol–water partition coefficient (Wildman–Crippen LogP) is 4.99. The minimum atomic E-state index is -2.10. The average Bonchev–Trinajstić information content (AvgIpc) is 2.46. The van der Waals surface area contributed by atoms with Crippen LogP contribution in [-0.2, 0) is 16.6 Å². The normalized spacial score (nSPS) is 13.0. The van der Waals surface area contributed by atoms with Gasteiger partial charge in [-0.15, -0.1) is 0 Å². The molecule has 2 aromatic carbocycles. The molecule has 22 heavy (non-hydrogen) atoms. The smallest absolute Gasteiger partial charge is 0.262 e. The van der Waals surface area contributed by atoms with Crippen LogP contribution in [0.25, 0.3) is 11.1 Å². The SMILES string of the molecule is CC(C)(C)N(c1cc(CBr)ccc1-c1ccccc1)S(=O)O. The highest BCUT2D eigenvalue weighted by molar-refractivity contribution is 9.08. The first-order valence-corrected chi connectivity index (χ1v) is 9.18. The third-order valence-corrected chi connectivity index (χ3v) is 4.99. The lowest BCUT2D eigenvalue weighted by molar-refractivity contribution is 0.515. The van der Waals surface area contributed by atoms with Gasteiger partial charge in [0.05, 0.1) is 5.69 Å². The zero-order valence-electron chi connectivity index (χ0n) is 12.9. The van der Waals surface area contributed by atoms with Gasteiger partial charge in [-0.3, -0.25) is 8.86 Å². The number of anilines is 1. The maximum atomic E-state index is 12.0. The molecule has 0 aliphatic carbocycles. The molecular formula is C17H20BrNO2S. The lowest BCUT2D eigenvalue weighted by Crippen LogP contribution is -2.42. The van der Waals surface area contributed by atoms with Crippen LogP contribution in [0.15, 0.2) is 48.5 Å². The van der Waals surface area contributed by atoms with Crippen molar-refractivity contribution in [3.05, 3.63) is 54.1 Å². The fraction of sp³-hybridized carbons (Fsp3) is 0.294. The molecule has 0 aliphatic heterocycles. The van der Waals surface area contributed by atoms with E-state index in [1.165, 1.54) is 0 Å². The summed E-state index contributed by atoms with van der Waals surface area (Å²) in [6.45, 7) is 5.78. The molecule has 0 saturated carbocycles. The Kier molecular flexibility index (Phi) is 5.42. The molecule has 0 heterocycles. The maximum Gasteiger partial charge on any atom is 0.262 e. The molecule has 0 radical (unpaired) electrons. The number of hydrogen-bond donors (Lipinski definition) is 1. The number of alkyl halides is 1. The summed E-state index contributed by atoms with van der Waals surface area (Å²) >= 11 is 1.35. The molecule has 0 aromatic heterocycles. The van der Waals surface area contributed by atoms with Crippen LogP contribution in [0.4, 0.5) is 5.69 Å². The van der Waals surface area contributed by atoms with Gasteiger partial charge in [-0.1, -0.05) is 58.4 Å². The van der Waals surface area contributed by atoms with Crippen molar-refractivity contribution in [3.63, 3.8) is 0 Å². The van der Waals surface area contributed by atoms with Crippen molar-refractivity contribution in [1.29, 1.82) is 0 Å². The molecule has 0 saturated heterocycles. The molecule has 2 aromatic rings. The van der Waals surface area contributed by atoms with Crippen molar-refractivity contribution in [2.24, 2.45) is 0 Å². The first-order valence-electron chi connectivity index (χ1n) is 7.00. The van der Waals surface area contributed by atoms with Gasteiger partial charge in [-0.25, -0.2) is 4.21 Å². The molecule has 0 spiro atoms. The Morgan fingerprint density at radius 1 is 1.14 bits per heavy atom. The zero-order chi connectivity index (χ0) is 16.3. The molecule has 118 valence electrons. The van der Waals surface area contributed by atoms with Crippen LogP contribution in [0.5, 0.6) is 0 Å². The third kappa shape index (κ3) is 3.77. The maximum absolute atomic E-state index is 12.0. The van der Waals surface area contributed by atoms with Gasteiger partial charge in [-0.05, 0) is 38.0 Å². The third-order valence-electron chi connectivity index (χ3n) is 3.29. The van der Waals surface area contributed by atoms with Crippen LogP contribution in [-0.4, -0.2) is 14.3 Å². The highest BCUT2D eigenvalue weighted by atomic mass is 79.9. The van der Waals surface area contributed by atoms with E-state index in [0.717, 1.165) is 22.4 Å². The topological polar surface area (TPSA) is 40.5 Å². The summed E-state index contributed by atoms with van der Waals surface area (Å²) in [5.74, 6) is 0. The standard InChI is InChI=1S/C17H20BrNO2S/c1-17(2,3)19(22(20)21)16-11-13(12-18)9-10-15(16)14-7-5-4-6-8-14/h4-11H,12H2,1-3H3,(H,20,21). The lowest BCUT2D eigenvalue weighted by atomic mass is 9.99. The zero-order valence-corrected chi connectivity index (χ0v) is 15.3. The second kappa shape index (κ2) is 6.94. The van der Waals surface area contributed by atoms with Gasteiger partial charge < -0.3 is 0 Å². The molecule has 1 unspecified atom stereocenters. The molecule has 5 heteroatoms. The Morgan fingerprint density at radius 2 is 1.77 bits per heavy atom. The van der Waals surface area contributed by atoms with E-state index in [0.29, 0.717) is 5.33 Å². The molecule has 3 nitrogen and oxygen atoms in total. The minimum Gasteiger partial charge on any atom is -0.289 e. The predicted molar refractivity (Wildman–Crippen MR) is 97.5 cm³/mol. The van der Waals surface area contributed by atoms with Crippen molar-refractivity contribution in [2.45, 2.75) is 31.6 Å². The molecule has 0 amide bonds. The first-order chi connectivity index (χ1) is 10.3. The van der Waals surface area contributed by atoms with Gasteiger partial charge in [0.2, 0.25) is 0 Å². The van der Waals surface area contributed by atoms with E-state index in [9.17, 15) is 8.76 Å². The van der Waals surface area contributed by atoms with Gasteiger partial charge in [0.15, 0.2) is 0 Å². The van der Waals surface area contributed by atoms with Crippen LogP contribution >= 0.6 is 15.9 Å². The van der Waals surface area contributed by atoms with Crippen molar-refractivity contribution in [1.82, 2.24) is 0 Å². The summed E-state index contributed by atoms with van der Waals surface area (Å²) in [7, 11) is 0. The highest BCUT2D eigenvalue weighted by Gasteiger charge is 2.29. The molecule has 1 atom stereocenters. The summed E-state index contributed by atoms with van der Waals surface area (Å²) < 4.78 is 23.3. The van der Waals surface area contributed by atoms with Gasteiger partial charge in [-0.2, -0.15) is 0 Å². The minimum absolute atomic E-state index is 0.478. The van der Waals surface area contributed by atoms with Crippen LogP contribution in [0, 0.1) is 0 Å². The summed E-state index contributed by atoms with van der Waals surface area (Å²) in [5.41, 5.74) is 3.32. The van der Waals surface area contributed by atoms with Crippen LogP contribution < -0.4 is 4.31 Å². The van der Waals surface area contributed by atoms with Gasteiger partial charge in [0.25, 0.3) is 11.3 Å². The second-order valence-corrected chi connectivity index (χ2v) is 7.43. The van der Waals surface area contributed by atoms with Gasteiger partial charge >= 0.3 is 0 Å². The fourth-order valence-electron chi connectivity index (χ4n) is 2.37. The monoisotopic (exact) mass is 381 g/mol. The van der Waals surface area contributed by atoms with Crippen LogP contribution in [0.1, 0.15) is 26.3 Å². The number of hydrogen-bond acceptors (Lipinski definition) is 1. The summed E-state index contributed by atoms with van der Waals surface area (Å²) in [5, 5.41) is 0.700. The Bertz CT molecular complexity index is 668. The lowest BCUT2D eigenvalue weighted by Gasteiger charge is -2.35. The largest absolute Gasteiger partial charge is 0.289 e. The van der Waals surface area contributed by atoms with Crippen molar-refractivity contribution in [3.8, 4) is 11.1 Å². The van der Waals surface area contributed by atoms with E-state index in [4.69, 9.17) is 0 Å². The van der Waals surface area contributed by atoms with E-state index in [2.05, 4.69) is 15.9 Å². The van der Waals surface area contributed by atoms with Gasteiger partial charge in [0.1, 0.15) is 0 Å². The number of halogens is 1. The van der Waals surface area contributed by atoms with Crippen molar-refractivity contribution < 1.29 is 8.76 Å². The van der Waals surface area contributed by atoms with Crippen molar-refractivity contribution >= 4 is 32.9 Å². The number of rotatable bonds is 4. The Hall–Kier alpha value is -1.17. The van der Waals surface area contributed by atoms with E-state index in [1.54, 1.807) is 4.31 Å². The quantitative estimate of drug-likeness (QED) is 0.598. The Balaban J connectivity index is 2.68. The van der Waals surface area contributed by atoms with E-state index < -0.39 is 16.8 Å². The van der Waals surface area contributed by atoms with Crippen LogP contribution in [0.2, 0.25) is 0 Å². The highest BCUT2D eigenvalue weighted by Crippen LogP contribution is 2.36. The molecule has 2 rings (SSSR count). The average molecular weight is 382 g/mol. The number of benzene rings is 2. The van der Waals surface area contributed by atoms with E-state index >= 15 is 0 Å². The van der Waals surface area contributed by atoms with Crippen molar-refractivity contribution in [2.75, 3.05) is 4.31 Å². The fourth-order valence-corrected chi connectivity index (χ4v) is 3.51. The van der Waals surface area contributed by atoms with Crippen LogP contribution in [0.3, 0.4) is 0 Å². The first kappa shape index (κ1) is 17.2. The summed E-state index contributed by atoms with van der Waals surface area (Å²) in [4.78, 5) is 0. The number of nitrogens with zero attached hydrogens (tertiary/aromatic N) is 1. The van der Waals surface area contributed by atoms with Gasteiger partial charge in [0, 0.05) is 16.4 Å². The van der Waals surface area contributed by atoms with E-state index in [1.807, 2.05) is 69.3 Å². The second-order valence-electron chi connectivity index (χ2n) is 6.05. The Morgan fingerprint density at radius 3 is 2.27 bits per heavy atom. The molecule has 1 N–H and O–H groups in total. The Labute approximate surface area is 142 Å². The molecule has 0 fully saturated rings. The summed E-state index contributed by atoms with van der Waals surface area (Å²) in [6.07, 6.45) is 0. The molecular weight excluding hydrogens is 362 g/mol.